The third kappa shape index (κ3) is 4.79. The SMILES string of the molecule is O=C(NCCSCc1ccccc1)[C@H]1CC(=O)N(c2cccc(O)c2)C1. The summed E-state index contributed by atoms with van der Waals surface area (Å²) in [5.41, 5.74) is 1.90. The number of carbonyl (C=O) groups is 2. The summed E-state index contributed by atoms with van der Waals surface area (Å²) in [4.78, 5) is 26.1. The monoisotopic (exact) mass is 370 g/mol. The van der Waals surface area contributed by atoms with E-state index in [1.807, 2.05) is 18.2 Å². The van der Waals surface area contributed by atoms with Gasteiger partial charge in [0.2, 0.25) is 11.8 Å². The molecule has 1 atom stereocenters. The number of hydrogen-bond donors (Lipinski definition) is 2. The molecule has 1 heterocycles. The molecule has 0 saturated carbocycles. The zero-order valence-corrected chi connectivity index (χ0v) is 15.2. The average Bonchev–Trinajstić information content (AvgIpc) is 3.04. The van der Waals surface area contributed by atoms with Crippen molar-refractivity contribution in [3.05, 3.63) is 60.2 Å². The van der Waals surface area contributed by atoms with Gasteiger partial charge in [-0.15, -0.1) is 0 Å². The van der Waals surface area contributed by atoms with Gasteiger partial charge in [-0.25, -0.2) is 0 Å². The maximum Gasteiger partial charge on any atom is 0.227 e. The first-order chi connectivity index (χ1) is 12.6. The van der Waals surface area contributed by atoms with Gasteiger partial charge in [0, 0.05) is 42.8 Å². The van der Waals surface area contributed by atoms with E-state index in [4.69, 9.17) is 0 Å². The highest BCUT2D eigenvalue weighted by Crippen LogP contribution is 2.27. The van der Waals surface area contributed by atoms with Crippen LogP contribution in [0.3, 0.4) is 0 Å². The van der Waals surface area contributed by atoms with Crippen LogP contribution in [0.2, 0.25) is 0 Å². The van der Waals surface area contributed by atoms with Gasteiger partial charge in [0.1, 0.15) is 5.75 Å². The largest absolute Gasteiger partial charge is 0.508 e. The van der Waals surface area contributed by atoms with Crippen LogP contribution in [-0.4, -0.2) is 35.8 Å². The predicted octanol–water partition coefficient (Wildman–Crippen LogP) is 2.79. The molecule has 26 heavy (non-hydrogen) atoms. The molecule has 2 N–H and O–H groups in total. The molecule has 2 amide bonds. The number of aromatic hydroxyl groups is 1. The fourth-order valence-electron chi connectivity index (χ4n) is 2.95. The Bertz CT molecular complexity index is 767. The fraction of sp³-hybridized carbons (Fsp3) is 0.300. The highest BCUT2D eigenvalue weighted by atomic mass is 32.2. The summed E-state index contributed by atoms with van der Waals surface area (Å²) in [6, 6.07) is 16.8. The van der Waals surface area contributed by atoms with Crippen molar-refractivity contribution in [1.82, 2.24) is 5.32 Å². The van der Waals surface area contributed by atoms with E-state index in [-0.39, 0.29) is 29.9 Å². The molecule has 2 aromatic carbocycles. The zero-order valence-electron chi connectivity index (χ0n) is 14.4. The molecule has 5 nitrogen and oxygen atoms in total. The number of phenolic OH excluding ortho intramolecular Hbond substituents is 1. The van der Waals surface area contributed by atoms with E-state index < -0.39 is 0 Å². The van der Waals surface area contributed by atoms with Crippen LogP contribution in [0.25, 0.3) is 0 Å². The van der Waals surface area contributed by atoms with Crippen molar-refractivity contribution < 1.29 is 14.7 Å². The Morgan fingerprint density at radius 1 is 1.19 bits per heavy atom. The minimum absolute atomic E-state index is 0.0821. The standard InChI is InChI=1S/C20H22N2O3S/c23-18-8-4-7-17(12-18)22-13-16(11-19(22)24)20(25)21-9-10-26-14-15-5-2-1-3-6-15/h1-8,12,16,23H,9-11,13-14H2,(H,21,25)/t16-/m0/s1. The minimum atomic E-state index is -0.344. The molecule has 1 fully saturated rings. The molecular weight excluding hydrogens is 348 g/mol. The number of nitrogens with zero attached hydrogens (tertiary/aromatic N) is 1. The van der Waals surface area contributed by atoms with Gasteiger partial charge >= 0.3 is 0 Å². The number of carbonyl (C=O) groups excluding carboxylic acids is 2. The third-order valence-electron chi connectivity index (χ3n) is 4.29. The van der Waals surface area contributed by atoms with Gasteiger partial charge in [0.05, 0.1) is 5.92 Å². The number of phenols is 1. The Kier molecular flexibility index (Phi) is 6.17. The second kappa shape index (κ2) is 8.76. The molecular formula is C20H22N2O3S. The number of benzene rings is 2. The average molecular weight is 370 g/mol. The van der Waals surface area contributed by atoms with E-state index in [1.54, 1.807) is 40.9 Å². The number of hydrogen-bond acceptors (Lipinski definition) is 4. The third-order valence-corrected chi connectivity index (χ3v) is 5.32. The Morgan fingerprint density at radius 2 is 2.00 bits per heavy atom. The summed E-state index contributed by atoms with van der Waals surface area (Å²) >= 11 is 1.77. The van der Waals surface area contributed by atoms with Gasteiger partial charge in [-0.1, -0.05) is 36.4 Å². The first-order valence-electron chi connectivity index (χ1n) is 8.62. The number of anilines is 1. The van der Waals surface area contributed by atoms with Crippen LogP contribution in [0.15, 0.2) is 54.6 Å². The van der Waals surface area contributed by atoms with Gasteiger partial charge in [0.15, 0.2) is 0 Å². The normalized spacial score (nSPS) is 16.7. The molecule has 136 valence electrons. The minimum Gasteiger partial charge on any atom is -0.508 e. The summed E-state index contributed by atoms with van der Waals surface area (Å²) in [6.07, 6.45) is 0.207. The van der Waals surface area contributed by atoms with Crippen molar-refractivity contribution in [2.75, 3.05) is 23.7 Å². The summed E-state index contributed by atoms with van der Waals surface area (Å²) in [6.45, 7) is 0.943. The van der Waals surface area contributed by atoms with Crippen molar-refractivity contribution >= 4 is 29.3 Å². The quantitative estimate of drug-likeness (QED) is 0.736. The first kappa shape index (κ1) is 18.3. The maximum atomic E-state index is 12.3. The molecule has 2 aromatic rings. The zero-order chi connectivity index (χ0) is 18.4. The molecule has 0 aromatic heterocycles. The van der Waals surface area contributed by atoms with Crippen LogP contribution in [0, 0.1) is 5.92 Å². The lowest BCUT2D eigenvalue weighted by molar-refractivity contribution is -0.126. The van der Waals surface area contributed by atoms with Crippen LogP contribution in [-0.2, 0) is 15.3 Å². The summed E-state index contributed by atoms with van der Waals surface area (Å²) in [5, 5.41) is 12.5. The molecule has 0 bridgehead atoms. The second-order valence-electron chi connectivity index (χ2n) is 6.25. The van der Waals surface area contributed by atoms with E-state index in [2.05, 4.69) is 17.4 Å². The molecule has 0 unspecified atom stereocenters. The fourth-order valence-corrected chi connectivity index (χ4v) is 3.77. The van der Waals surface area contributed by atoms with Gasteiger partial charge in [-0.05, 0) is 17.7 Å². The van der Waals surface area contributed by atoms with Crippen LogP contribution in [0.5, 0.6) is 5.75 Å². The number of amides is 2. The lowest BCUT2D eigenvalue weighted by atomic mass is 10.1. The van der Waals surface area contributed by atoms with E-state index in [0.717, 1.165) is 11.5 Å². The topological polar surface area (TPSA) is 69.6 Å². The van der Waals surface area contributed by atoms with E-state index in [9.17, 15) is 14.7 Å². The van der Waals surface area contributed by atoms with Gasteiger partial charge < -0.3 is 15.3 Å². The first-order valence-corrected chi connectivity index (χ1v) is 9.78. The molecule has 1 saturated heterocycles. The number of thioether (sulfide) groups is 1. The molecule has 1 aliphatic rings. The summed E-state index contributed by atoms with van der Waals surface area (Å²) < 4.78 is 0. The maximum absolute atomic E-state index is 12.3. The lowest BCUT2D eigenvalue weighted by Crippen LogP contribution is -2.34. The van der Waals surface area contributed by atoms with Gasteiger partial charge in [-0.2, -0.15) is 11.8 Å². The van der Waals surface area contributed by atoms with E-state index >= 15 is 0 Å². The van der Waals surface area contributed by atoms with Crippen LogP contribution < -0.4 is 10.2 Å². The summed E-state index contributed by atoms with van der Waals surface area (Å²) in [5.74, 6) is 1.35. The molecule has 0 spiro atoms. The van der Waals surface area contributed by atoms with E-state index in [1.165, 1.54) is 5.56 Å². The predicted molar refractivity (Wildman–Crippen MR) is 104 cm³/mol. The molecule has 0 radical (unpaired) electrons. The molecule has 6 heteroatoms. The Morgan fingerprint density at radius 3 is 2.77 bits per heavy atom. The van der Waals surface area contributed by atoms with Gasteiger partial charge in [0.25, 0.3) is 0 Å². The Labute approximate surface area is 157 Å². The van der Waals surface area contributed by atoms with Gasteiger partial charge in [-0.3, -0.25) is 9.59 Å². The van der Waals surface area contributed by atoms with Crippen LogP contribution in [0.1, 0.15) is 12.0 Å². The van der Waals surface area contributed by atoms with Crippen molar-refractivity contribution in [3.63, 3.8) is 0 Å². The van der Waals surface area contributed by atoms with Crippen LogP contribution in [0.4, 0.5) is 5.69 Å². The highest BCUT2D eigenvalue weighted by Gasteiger charge is 2.35. The molecule has 3 rings (SSSR count). The highest BCUT2D eigenvalue weighted by molar-refractivity contribution is 7.98. The van der Waals surface area contributed by atoms with E-state index in [0.29, 0.717) is 18.8 Å². The molecule has 0 aliphatic carbocycles. The molecule has 1 aliphatic heterocycles. The Balaban J connectivity index is 1.42. The lowest BCUT2D eigenvalue weighted by Gasteiger charge is -2.17. The summed E-state index contributed by atoms with van der Waals surface area (Å²) in [7, 11) is 0. The smallest absolute Gasteiger partial charge is 0.227 e. The van der Waals surface area contributed by atoms with Crippen molar-refractivity contribution in [2.24, 2.45) is 5.92 Å². The van der Waals surface area contributed by atoms with Crippen molar-refractivity contribution in [2.45, 2.75) is 12.2 Å². The Hall–Kier alpha value is -2.47. The van der Waals surface area contributed by atoms with Crippen molar-refractivity contribution in [3.8, 4) is 5.75 Å². The second-order valence-corrected chi connectivity index (χ2v) is 7.36. The number of rotatable bonds is 7. The van der Waals surface area contributed by atoms with Crippen molar-refractivity contribution in [1.29, 1.82) is 0 Å². The van der Waals surface area contributed by atoms with Crippen LogP contribution >= 0.6 is 11.8 Å². The number of nitrogens with one attached hydrogen (secondary N) is 1.